The fourth-order valence-electron chi connectivity index (χ4n) is 3.59. The zero-order chi connectivity index (χ0) is 25.0. The van der Waals surface area contributed by atoms with Crippen LogP contribution >= 0.6 is 0 Å². The van der Waals surface area contributed by atoms with Gasteiger partial charge >= 0.3 is 6.09 Å². The quantitative estimate of drug-likeness (QED) is 0.338. The maximum Gasteiger partial charge on any atom is 0.407 e. The highest BCUT2D eigenvalue weighted by Gasteiger charge is 2.19. The largest absolute Gasteiger partial charge is 0.459 e. The second-order valence-electron chi connectivity index (χ2n) is 7.86. The van der Waals surface area contributed by atoms with E-state index in [-0.39, 0.29) is 24.2 Å². The van der Waals surface area contributed by atoms with Crippen LogP contribution in [-0.2, 0) is 9.53 Å². The van der Waals surface area contributed by atoms with E-state index in [4.69, 9.17) is 9.15 Å². The number of nitrogens with zero attached hydrogens (tertiary/aromatic N) is 1. The molecule has 2 heterocycles. The molecular formula is C24H31N5O6. The number of benzene rings is 1. The van der Waals surface area contributed by atoms with Crippen LogP contribution in [0.4, 0.5) is 16.2 Å². The molecule has 188 valence electrons. The molecule has 0 bridgehead atoms. The summed E-state index contributed by atoms with van der Waals surface area (Å²) in [5.41, 5.74) is 1.32. The number of anilines is 2. The first-order valence-electron chi connectivity index (χ1n) is 11.7. The normalized spacial score (nSPS) is 12.8. The van der Waals surface area contributed by atoms with Gasteiger partial charge in [0.2, 0.25) is 5.91 Å². The number of amides is 4. The van der Waals surface area contributed by atoms with Gasteiger partial charge in [-0.05, 0) is 50.1 Å². The lowest BCUT2D eigenvalue weighted by molar-refractivity contribution is -0.127. The summed E-state index contributed by atoms with van der Waals surface area (Å²) in [6, 6.07) is 8.03. The predicted molar refractivity (Wildman–Crippen MR) is 129 cm³/mol. The predicted octanol–water partition coefficient (Wildman–Crippen LogP) is 2.43. The lowest BCUT2D eigenvalue weighted by Gasteiger charge is -2.16. The minimum absolute atomic E-state index is 0.131. The molecule has 0 aliphatic carbocycles. The molecule has 4 amide bonds. The molecule has 0 radical (unpaired) electrons. The van der Waals surface area contributed by atoms with E-state index in [2.05, 4.69) is 21.3 Å². The highest BCUT2D eigenvalue weighted by Crippen LogP contribution is 2.24. The Labute approximate surface area is 203 Å². The van der Waals surface area contributed by atoms with Crippen molar-refractivity contribution in [1.82, 2.24) is 15.5 Å². The first-order valence-corrected chi connectivity index (χ1v) is 11.7. The number of rotatable bonds is 12. The van der Waals surface area contributed by atoms with E-state index < -0.39 is 12.0 Å². The highest BCUT2D eigenvalue weighted by molar-refractivity contribution is 6.05. The van der Waals surface area contributed by atoms with Crippen molar-refractivity contribution in [3.05, 3.63) is 47.9 Å². The Morgan fingerprint density at radius 1 is 1.06 bits per heavy atom. The Balaban J connectivity index is 1.59. The van der Waals surface area contributed by atoms with Crippen LogP contribution in [0.25, 0.3) is 0 Å². The third-order valence-electron chi connectivity index (χ3n) is 5.32. The summed E-state index contributed by atoms with van der Waals surface area (Å²) >= 11 is 0. The minimum atomic E-state index is -0.512. The topological polar surface area (TPSA) is 142 Å². The number of hydrogen-bond donors (Lipinski definition) is 4. The molecule has 1 aromatic carbocycles. The first kappa shape index (κ1) is 25.6. The number of alkyl carbamates (subject to hydrolysis) is 1. The molecule has 11 heteroatoms. The van der Waals surface area contributed by atoms with Crippen molar-refractivity contribution < 1.29 is 28.3 Å². The van der Waals surface area contributed by atoms with Crippen LogP contribution in [0, 0.1) is 0 Å². The van der Waals surface area contributed by atoms with Gasteiger partial charge in [-0.3, -0.25) is 14.4 Å². The molecule has 3 rings (SSSR count). The van der Waals surface area contributed by atoms with Gasteiger partial charge in [0.15, 0.2) is 5.76 Å². The molecule has 1 aromatic heterocycles. The van der Waals surface area contributed by atoms with Crippen LogP contribution in [0.3, 0.4) is 0 Å². The molecule has 1 aliphatic rings. The summed E-state index contributed by atoms with van der Waals surface area (Å²) < 4.78 is 9.97. The summed E-state index contributed by atoms with van der Waals surface area (Å²) in [4.78, 5) is 50.1. The van der Waals surface area contributed by atoms with Crippen molar-refractivity contribution >= 4 is 35.2 Å². The summed E-state index contributed by atoms with van der Waals surface area (Å²) in [6.07, 6.45) is 3.03. The van der Waals surface area contributed by atoms with Gasteiger partial charge in [-0.15, -0.1) is 0 Å². The molecule has 0 saturated carbocycles. The van der Waals surface area contributed by atoms with E-state index in [1.807, 2.05) is 4.90 Å². The van der Waals surface area contributed by atoms with Gasteiger partial charge in [0.05, 0.1) is 24.2 Å². The molecular weight excluding hydrogens is 454 g/mol. The smallest absolute Gasteiger partial charge is 0.407 e. The standard InChI is InChI=1S/C24H31N5O6/c1-2-34-24(33)27-12-11-25-18-9-8-17(16-19(18)28-23(32)20-6-4-15-35-20)22(31)26-10-5-14-29-13-3-7-21(29)30/h4,6,8-9,15-16,25H,2-3,5,7,10-14H2,1H3,(H,26,31)(H,27,33)(H,28,32). The van der Waals surface area contributed by atoms with E-state index >= 15 is 0 Å². The molecule has 1 saturated heterocycles. The average Bonchev–Trinajstić information content (AvgIpc) is 3.52. The number of hydrogen-bond acceptors (Lipinski definition) is 7. The van der Waals surface area contributed by atoms with Crippen LogP contribution in [-0.4, -0.2) is 68.0 Å². The van der Waals surface area contributed by atoms with E-state index in [9.17, 15) is 19.2 Å². The van der Waals surface area contributed by atoms with E-state index in [0.717, 1.165) is 13.0 Å². The second-order valence-corrected chi connectivity index (χ2v) is 7.86. The van der Waals surface area contributed by atoms with Crippen molar-refractivity contribution in [2.75, 3.05) is 50.0 Å². The molecule has 0 unspecified atom stereocenters. The maximum atomic E-state index is 12.7. The SMILES string of the molecule is CCOC(=O)NCCNc1ccc(C(=O)NCCCN2CCCC2=O)cc1NC(=O)c1ccco1. The Hall–Kier alpha value is -4.02. The molecule has 0 spiro atoms. The minimum Gasteiger partial charge on any atom is -0.459 e. The monoisotopic (exact) mass is 485 g/mol. The number of ether oxygens (including phenoxy) is 1. The van der Waals surface area contributed by atoms with Crippen molar-refractivity contribution in [2.24, 2.45) is 0 Å². The lowest BCUT2D eigenvalue weighted by atomic mass is 10.1. The van der Waals surface area contributed by atoms with Crippen LogP contribution < -0.4 is 21.3 Å². The number of likely N-dealkylation sites (tertiary alicyclic amines) is 1. The molecule has 2 aromatic rings. The van der Waals surface area contributed by atoms with E-state index in [1.54, 1.807) is 31.2 Å². The van der Waals surface area contributed by atoms with Crippen molar-refractivity contribution in [3.63, 3.8) is 0 Å². The number of furan rings is 1. The van der Waals surface area contributed by atoms with Crippen LogP contribution in [0.2, 0.25) is 0 Å². The fraction of sp³-hybridized carbons (Fsp3) is 0.417. The van der Waals surface area contributed by atoms with Gasteiger partial charge in [-0.2, -0.15) is 0 Å². The van der Waals surface area contributed by atoms with Crippen molar-refractivity contribution in [1.29, 1.82) is 0 Å². The molecule has 4 N–H and O–H groups in total. The molecule has 1 aliphatic heterocycles. The highest BCUT2D eigenvalue weighted by atomic mass is 16.5. The van der Waals surface area contributed by atoms with Gasteiger partial charge in [-0.25, -0.2) is 4.79 Å². The fourth-order valence-corrected chi connectivity index (χ4v) is 3.59. The molecule has 0 atom stereocenters. The Morgan fingerprint density at radius 2 is 1.91 bits per heavy atom. The summed E-state index contributed by atoms with van der Waals surface area (Å²) in [5, 5.41) is 11.3. The molecule has 1 fully saturated rings. The summed E-state index contributed by atoms with van der Waals surface area (Å²) in [6.45, 7) is 4.48. The second kappa shape index (κ2) is 13.0. The molecule has 11 nitrogen and oxygen atoms in total. The Morgan fingerprint density at radius 3 is 2.63 bits per heavy atom. The maximum absolute atomic E-state index is 12.7. The third kappa shape index (κ3) is 7.76. The third-order valence-corrected chi connectivity index (χ3v) is 5.32. The van der Waals surface area contributed by atoms with Gasteiger partial charge in [0.25, 0.3) is 11.8 Å². The zero-order valence-electron chi connectivity index (χ0n) is 19.7. The van der Waals surface area contributed by atoms with Gasteiger partial charge in [-0.1, -0.05) is 0 Å². The lowest BCUT2D eigenvalue weighted by Crippen LogP contribution is -2.30. The van der Waals surface area contributed by atoms with Crippen LogP contribution in [0.1, 0.15) is 47.1 Å². The summed E-state index contributed by atoms with van der Waals surface area (Å²) in [7, 11) is 0. The van der Waals surface area contributed by atoms with Crippen LogP contribution in [0.15, 0.2) is 41.0 Å². The van der Waals surface area contributed by atoms with Crippen LogP contribution in [0.5, 0.6) is 0 Å². The Kier molecular flexibility index (Phi) is 9.52. The van der Waals surface area contributed by atoms with E-state index in [1.165, 1.54) is 12.3 Å². The average molecular weight is 486 g/mol. The van der Waals surface area contributed by atoms with Crippen molar-refractivity contribution in [3.8, 4) is 0 Å². The van der Waals surface area contributed by atoms with Gasteiger partial charge in [0.1, 0.15) is 0 Å². The van der Waals surface area contributed by atoms with E-state index in [0.29, 0.717) is 56.0 Å². The number of carbonyl (C=O) groups is 4. The zero-order valence-corrected chi connectivity index (χ0v) is 19.7. The van der Waals surface area contributed by atoms with Gasteiger partial charge in [0, 0.05) is 44.7 Å². The number of nitrogens with one attached hydrogen (secondary N) is 4. The Bertz CT molecular complexity index is 1020. The first-order chi connectivity index (χ1) is 17.0. The van der Waals surface area contributed by atoms with Crippen molar-refractivity contribution in [2.45, 2.75) is 26.2 Å². The number of carbonyl (C=O) groups excluding carboxylic acids is 4. The van der Waals surface area contributed by atoms with Gasteiger partial charge < -0.3 is 35.3 Å². The molecule has 35 heavy (non-hydrogen) atoms. The summed E-state index contributed by atoms with van der Waals surface area (Å²) in [5.74, 6) is -0.461.